The summed E-state index contributed by atoms with van der Waals surface area (Å²) in [4.78, 5) is 0. The van der Waals surface area contributed by atoms with Crippen LogP contribution >= 0.6 is 15.9 Å². The first-order chi connectivity index (χ1) is 5.91. The smallest absolute Gasteiger partial charge is 0.00313 e. The highest BCUT2D eigenvalue weighted by Crippen LogP contribution is 2.05. The normalized spacial score (nSPS) is 11.2. The highest BCUT2D eigenvalue weighted by molar-refractivity contribution is 9.09. The summed E-state index contributed by atoms with van der Waals surface area (Å²) < 4.78 is 0. The molecular formula is C11H21Br. The average molecular weight is 233 g/mol. The lowest BCUT2D eigenvalue weighted by Gasteiger charge is -1.95. The maximum atomic E-state index is 3.44. The van der Waals surface area contributed by atoms with Crippen LogP contribution in [-0.2, 0) is 0 Å². The third-order valence-corrected chi connectivity index (χ3v) is 2.44. The molecule has 0 bridgehead atoms. The molecule has 0 spiro atoms. The Balaban J connectivity index is 2.90. The molecule has 0 unspecified atom stereocenters. The minimum Gasteiger partial charge on any atom is -0.0928 e. The van der Waals surface area contributed by atoms with Gasteiger partial charge in [0.2, 0.25) is 0 Å². The van der Waals surface area contributed by atoms with Crippen LogP contribution in [0, 0.1) is 0 Å². The molecule has 0 heterocycles. The van der Waals surface area contributed by atoms with Crippen LogP contribution in [0.2, 0.25) is 0 Å². The zero-order valence-corrected chi connectivity index (χ0v) is 9.78. The van der Waals surface area contributed by atoms with Crippen molar-refractivity contribution in [2.75, 3.05) is 5.33 Å². The first-order valence-corrected chi connectivity index (χ1v) is 6.25. The molecule has 0 radical (unpaired) electrons. The Morgan fingerprint density at radius 1 is 0.917 bits per heavy atom. The van der Waals surface area contributed by atoms with Crippen molar-refractivity contribution in [1.82, 2.24) is 0 Å². The molecule has 72 valence electrons. The summed E-state index contributed by atoms with van der Waals surface area (Å²) in [5.41, 5.74) is 0. The first-order valence-electron chi connectivity index (χ1n) is 5.12. The van der Waals surface area contributed by atoms with Crippen molar-refractivity contribution in [3.8, 4) is 0 Å². The topological polar surface area (TPSA) is 0 Å². The number of allylic oxidation sites excluding steroid dienone is 2. The van der Waals surface area contributed by atoms with Crippen LogP contribution in [0.1, 0.15) is 51.9 Å². The zero-order valence-electron chi connectivity index (χ0n) is 8.19. The SMILES string of the molecule is CCCC=CCCCCCCBr. The van der Waals surface area contributed by atoms with Crippen molar-refractivity contribution in [2.45, 2.75) is 51.9 Å². The molecule has 0 aliphatic rings. The van der Waals surface area contributed by atoms with Crippen molar-refractivity contribution < 1.29 is 0 Å². The van der Waals surface area contributed by atoms with Gasteiger partial charge in [-0.15, -0.1) is 0 Å². The summed E-state index contributed by atoms with van der Waals surface area (Å²) >= 11 is 3.44. The van der Waals surface area contributed by atoms with Gasteiger partial charge in [0, 0.05) is 5.33 Å². The quantitative estimate of drug-likeness (QED) is 0.324. The van der Waals surface area contributed by atoms with Gasteiger partial charge in [-0.2, -0.15) is 0 Å². The highest BCUT2D eigenvalue weighted by atomic mass is 79.9. The predicted octanol–water partition coefficient (Wildman–Crippen LogP) is 4.69. The molecule has 0 aromatic carbocycles. The van der Waals surface area contributed by atoms with Crippen molar-refractivity contribution in [3.63, 3.8) is 0 Å². The molecule has 0 aromatic heterocycles. The maximum Gasteiger partial charge on any atom is 0.00313 e. The molecule has 0 aliphatic heterocycles. The standard InChI is InChI=1S/C11H21Br/c1-2-3-4-5-6-7-8-9-10-11-12/h4-5H,2-3,6-11H2,1H3. The largest absolute Gasteiger partial charge is 0.0928 e. The molecule has 0 rings (SSSR count). The molecule has 1 heteroatoms. The van der Waals surface area contributed by atoms with Crippen LogP contribution in [0.25, 0.3) is 0 Å². The third kappa shape index (κ3) is 10.2. The fourth-order valence-corrected chi connectivity index (χ4v) is 1.51. The van der Waals surface area contributed by atoms with Crippen LogP contribution in [0.4, 0.5) is 0 Å². The lowest BCUT2D eigenvalue weighted by atomic mass is 10.1. The molecule has 0 N–H and O–H groups in total. The zero-order chi connectivity index (χ0) is 9.07. The van der Waals surface area contributed by atoms with E-state index in [0.29, 0.717) is 0 Å². The van der Waals surface area contributed by atoms with Gasteiger partial charge in [-0.3, -0.25) is 0 Å². The van der Waals surface area contributed by atoms with Crippen LogP contribution in [0.5, 0.6) is 0 Å². The van der Waals surface area contributed by atoms with E-state index in [2.05, 4.69) is 35.0 Å². The van der Waals surface area contributed by atoms with E-state index in [1.165, 1.54) is 50.3 Å². The molecule has 0 amide bonds. The third-order valence-electron chi connectivity index (χ3n) is 1.88. The predicted molar refractivity (Wildman–Crippen MR) is 60.9 cm³/mol. The van der Waals surface area contributed by atoms with Gasteiger partial charge in [0.05, 0.1) is 0 Å². The van der Waals surface area contributed by atoms with Crippen LogP contribution in [0.3, 0.4) is 0 Å². The number of alkyl halides is 1. The Labute approximate surface area is 85.6 Å². The Morgan fingerprint density at radius 2 is 1.58 bits per heavy atom. The summed E-state index contributed by atoms with van der Waals surface area (Å²) in [6.45, 7) is 2.22. The van der Waals surface area contributed by atoms with E-state index in [4.69, 9.17) is 0 Å². The molecule has 0 saturated carbocycles. The van der Waals surface area contributed by atoms with Crippen molar-refractivity contribution >= 4 is 15.9 Å². The molecule has 0 aliphatic carbocycles. The van der Waals surface area contributed by atoms with Crippen molar-refractivity contribution in [1.29, 1.82) is 0 Å². The Morgan fingerprint density at radius 3 is 2.25 bits per heavy atom. The summed E-state index contributed by atoms with van der Waals surface area (Å²) in [5.74, 6) is 0. The Kier molecular flexibility index (Phi) is 11.4. The van der Waals surface area contributed by atoms with Gasteiger partial charge in [-0.05, 0) is 25.7 Å². The second-order valence-corrected chi connectivity index (χ2v) is 3.94. The van der Waals surface area contributed by atoms with E-state index in [1.54, 1.807) is 0 Å². The molecule has 0 fully saturated rings. The number of hydrogen-bond donors (Lipinski definition) is 0. The van der Waals surface area contributed by atoms with Crippen LogP contribution in [0.15, 0.2) is 12.2 Å². The number of halogens is 1. The maximum absolute atomic E-state index is 3.44. The van der Waals surface area contributed by atoms with Gasteiger partial charge >= 0.3 is 0 Å². The van der Waals surface area contributed by atoms with Gasteiger partial charge in [0.15, 0.2) is 0 Å². The molecule has 0 aromatic rings. The molecular weight excluding hydrogens is 212 g/mol. The van der Waals surface area contributed by atoms with E-state index < -0.39 is 0 Å². The van der Waals surface area contributed by atoms with Crippen molar-refractivity contribution in [2.24, 2.45) is 0 Å². The Bertz CT molecular complexity index is 97.2. The fourth-order valence-electron chi connectivity index (χ4n) is 1.11. The number of unbranched alkanes of at least 4 members (excludes halogenated alkanes) is 5. The van der Waals surface area contributed by atoms with E-state index >= 15 is 0 Å². The van der Waals surface area contributed by atoms with Crippen molar-refractivity contribution in [3.05, 3.63) is 12.2 Å². The van der Waals surface area contributed by atoms with Gasteiger partial charge < -0.3 is 0 Å². The van der Waals surface area contributed by atoms with Gasteiger partial charge in [-0.25, -0.2) is 0 Å². The lowest BCUT2D eigenvalue weighted by molar-refractivity contribution is 0.678. The lowest BCUT2D eigenvalue weighted by Crippen LogP contribution is -1.77. The fraction of sp³-hybridized carbons (Fsp3) is 0.818. The second-order valence-electron chi connectivity index (χ2n) is 3.15. The van der Waals surface area contributed by atoms with E-state index in [-0.39, 0.29) is 0 Å². The second kappa shape index (κ2) is 11.2. The monoisotopic (exact) mass is 232 g/mol. The minimum absolute atomic E-state index is 1.17. The van der Waals surface area contributed by atoms with E-state index in [1.807, 2.05) is 0 Å². The molecule has 0 atom stereocenters. The number of rotatable bonds is 8. The molecule has 0 saturated heterocycles. The summed E-state index contributed by atoms with van der Waals surface area (Å²) in [5, 5.41) is 1.17. The highest BCUT2D eigenvalue weighted by Gasteiger charge is 1.86. The summed E-state index contributed by atoms with van der Waals surface area (Å²) in [7, 11) is 0. The minimum atomic E-state index is 1.17. The first kappa shape index (κ1) is 12.2. The molecule has 0 nitrogen and oxygen atoms in total. The average Bonchev–Trinajstić information content (AvgIpc) is 2.10. The number of hydrogen-bond acceptors (Lipinski definition) is 0. The van der Waals surface area contributed by atoms with Crippen LogP contribution < -0.4 is 0 Å². The van der Waals surface area contributed by atoms with Gasteiger partial charge in [0.25, 0.3) is 0 Å². The van der Waals surface area contributed by atoms with E-state index in [9.17, 15) is 0 Å². The van der Waals surface area contributed by atoms with Crippen LogP contribution in [-0.4, -0.2) is 5.33 Å². The van der Waals surface area contributed by atoms with Gasteiger partial charge in [-0.1, -0.05) is 54.3 Å². The summed E-state index contributed by atoms with van der Waals surface area (Å²) in [6.07, 6.45) is 13.9. The summed E-state index contributed by atoms with van der Waals surface area (Å²) in [6, 6.07) is 0. The van der Waals surface area contributed by atoms with E-state index in [0.717, 1.165) is 0 Å². The Hall–Kier alpha value is 0.220. The van der Waals surface area contributed by atoms with Gasteiger partial charge in [0.1, 0.15) is 0 Å². The molecule has 12 heavy (non-hydrogen) atoms.